The summed E-state index contributed by atoms with van der Waals surface area (Å²) in [5.41, 5.74) is 9.35. The lowest BCUT2D eigenvalue weighted by molar-refractivity contribution is 1.07. The zero-order valence-corrected chi connectivity index (χ0v) is 30.2. The van der Waals surface area contributed by atoms with Gasteiger partial charge in [0.1, 0.15) is 0 Å². The lowest BCUT2D eigenvalue weighted by Gasteiger charge is -2.16. The molecule has 0 aliphatic heterocycles. The maximum Gasteiger partial charge on any atom is 0.164 e. The van der Waals surface area contributed by atoms with Crippen molar-refractivity contribution in [1.82, 2.24) is 29.9 Å². The molecule has 0 radical (unpaired) electrons. The van der Waals surface area contributed by atoms with Gasteiger partial charge >= 0.3 is 0 Å². The van der Waals surface area contributed by atoms with Gasteiger partial charge in [0.25, 0.3) is 0 Å². The van der Waals surface area contributed by atoms with Crippen LogP contribution in [0.4, 0.5) is 0 Å². The SMILES string of the molecule is Clc1ccc(-c2ccccc2-c2nc(-c3ccccc3)nc(-c3ccccc3)n2)c(-c2ccc(-c3nc(-c4ccccc4)nc(-c4ccccc4)n3)cc2)c1. The van der Waals surface area contributed by atoms with Crippen molar-refractivity contribution < 1.29 is 0 Å². The highest BCUT2D eigenvalue weighted by Gasteiger charge is 2.19. The summed E-state index contributed by atoms with van der Waals surface area (Å²) in [4.78, 5) is 29.7. The Morgan fingerprint density at radius 2 is 0.545 bits per heavy atom. The normalized spacial score (nSPS) is 11.0. The topological polar surface area (TPSA) is 77.3 Å². The summed E-state index contributed by atoms with van der Waals surface area (Å²) < 4.78 is 0. The quantitative estimate of drug-likeness (QED) is 0.155. The van der Waals surface area contributed by atoms with E-state index in [-0.39, 0.29) is 0 Å². The van der Waals surface area contributed by atoms with E-state index in [1.807, 2.05) is 146 Å². The Labute approximate surface area is 324 Å². The summed E-state index contributed by atoms with van der Waals surface area (Å²) in [6.45, 7) is 0. The van der Waals surface area contributed by atoms with Gasteiger partial charge in [0.05, 0.1) is 0 Å². The number of aromatic nitrogens is 6. The van der Waals surface area contributed by atoms with E-state index in [2.05, 4.69) is 42.5 Å². The van der Waals surface area contributed by atoms with Crippen molar-refractivity contribution >= 4 is 11.6 Å². The van der Waals surface area contributed by atoms with Crippen molar-refractivity contribution in [2.45, 2.75) is 0 Å². The van der Waals surface area contributed by atoms with Gasteiger partial charge in [0.2, 0.25) is 0 Å². The first-order valence-electron chi connectivity index (χ1n) is 17.9. The minimum absolute atomic E-state index is 0.581. The van der Waals surface area contributed by atoms with Gasteiger partial charge < -0.3 is 0 Å². The van der Waals surface area contributed by atoms with Gasteiger partial charge in [-0.15, -0.1) is 0 Å². The van der Waals surface area contributed by atoms with E-state index in [0.29, 0.717) is 40.0 Å². The third kappa shape index (κ3) is 7.14. The Balaban J connectivity index is 1.14. The van der Waals surface area contributed by atoms with Crippen LogP contribution in [0.2, 0.25) is 5.02 Å². The highest BCUT2D eigenvalue weighted by atomic mass is 35.5. The van der Waals surface area contributed by atoms with Crippen molar-refractivity contribution in [3.8, 4) is 90.6 Å². The largest absolute Gasteiger partial charge is 0.208 e. The molecule has 7 aromatic carbocycles. The van der Waals surface area contributed by atoms with Crippen LogP contribution in [0.3, 0.4) is 0 Å². The summed E-state index contributed by atoms with van der Waals surface area (Å²) in [6.07, 6.45) is 0. The Morgan fingerprint density at radius 1 is 0.236 bits per heavy atom. The zero-order chi connectivity index (χ0) is 37.0. The van der Waals surface area contributed by atoms with E-state index in [4.69, 9.17) is 41.5 Å². The zero-order valence-electron chi connectivity index (χ0n) is 29.5. The van der Waals surface area contributed by atoms with E-state index in [1.54, 1.807) is 0 Å². The molecule has 0 saturated heterocycles. The third-order valence-electron chi connectivity index (χ3n) is 9.29. The van der Waals surface area contributed by atoms with Crippen LogP contribution in [0.15, 0.2) is 188 Å². The van der Waals surface area contributed by atoms with Crippen LogP contribution in [-0.4, -0.2) is 29.9 Å². The molecule has 0 aliphatic carbocycles. The standard InChI is InChI=1S/C48H31ClN6/c49-38-29-30-40(39-23-13-14-24-41(39)48-54-45(35-19-9-3-10-20-35)53-46(55-48)36-21-11-4-12-22-36)42(31-38)32-25-27-37(28-26-32)47-51-43(33-15-5-1-6-16-33)50-44(52-47)34-17-7-2-8-18-34/h1-31H. The van der Waals surface area contributed by atoms with Crippen LogP contribution in [0.5, 0.6) is 0 Å². The van der Waals surface area contributed by atoms with Gasteiger partial charge in [0, 0.05) is 38.4 Å². The number of benzene rings is 7. The number of halogens is 1. The summed E-state index contributed by atoms with van der Waals surface area (Å²) >= 11 is 6.71. The molecule has 0 unspecified atom stereocenters. The second-order valence-electron chi connectivity index (χ2n) is 12.9. The van der Waals surface area contributed by atoms with Crippen molar-refractivity contribution in [2.75, 3.05) is 0 Å². The number of rotatable bonds is 8. The minimum Gasteiger partial charge on any atom is -0.208 e. The van der Waals surface area contributed by atoms with E-state index in [0.717, 1.165) is 55.6 Å². The average molecular weight is 727 g/mol. The third-order valence-corrected chi connectivity index (χ3v) is 9.53. The van der Waals surface area contributed by atoms with Crippen molar-refractivity contribution in [2.24, 2.45) is 0 Å². The predicted molar refractivity (Wildman–Crippen MR) is 222 cm³/mol. The fourth-order valence-electron chi connectivity index (χ4n) is 6.57. The van der Waals surface area contributed by atoms with Gasteiger partial charge in [-0.3, -0.25) is 0 Å². The average Bonchev–Trinajstić information content (AvgIpc) is 3.27. The molecule has 9 rings (SSSR count). The fourth-order valence-corrected chi connectivity index (χ4v) is 6.74. The molecule has 0 aliphatic rings. The molecule has 0 amide bonds. The van der Waals surface area contributed by atoms with Gasteiger partial charge in [-0.1, -0.05) is 188 Å². The van der Waals surface area contributed by atoms with Gasteiger partial charge in [0.15, 0.2) is 34.9 Å². The van der Waals surface area contributed by atoms with Crippen LogP contribution < -0.4 is 0 Å². The molecule has 0 fully saturated rings. The van der Waals surface area contributed by atoms with Crippen LogP contribution >= 0.6 is 11.6 Å². The van der Waals surface area contributed by atoms with Crippen LogP contribution in [-0.2, 0) is 0 Å². The second kappa shape index (κ2) is 15.1. The summed E-state index contributed by atoms with van der Waals surface area (Å²) in [7, 11) is 0. The first kappa shape index (κ1) is 33.7. The monoisotopic (exact) mass is 726 g/mol. The predicted octanol–water partition coefficient (Wildman–Crippen LogP) is 12.0. The van der Waals surface area contributed by atoms with Gasteiger partial charge in [-0.2, -0.15) is 0 Å². The van der Waals surface area contributed by atoms with E-state index < -0.39 is 0 Å². The highest BCUT2D eigenvalue weighted by Crippen LogP contribution is 2.40. The molecular formula is C48H31ClN6. The van der Waals surface area contributed by atoms with E-state index in [9.17, 15) is 0 Å². The Hall–Kier alpha value is -7.15. The van der Waals surface area contributed by atoms with E-state index >= 15 is 0 Å². The summed E-state index contributed by atoms with van der Waals surface area (Å²) in [5, 5.41) is 0.635. The number of nitrogens with zero attached hydrogens (tertiary/aromatic N) is 6. The van der Waals surface area contributed by atoms with Crippen LogP contribution in [0, 0.1) is 0 Å². The molecule has 0 N–H and O–H groups in total. The number of hydrogen-bond acceptors (Lipinski definition) is 6. The Kier molecular flexibility index (Phi) is 9.22. The summed E-state index contributed by atoms with van der Waals surface area (Å²) in [6, 6.07) is 62.5. The fraction of sp³-hybridized carbons (Fsp3) is 0. The molecule has 9 aromatic rings. The van der Waals surface area contributed by atoms with Gasteiger partial charge in [-0.05, 0) is 34.4 Å². The maximum absolute atomic E-state index is 6.71. The van der Waals surface area contributed by atoms with Crippen LogP contribution in [0.25, 0.3) is 90.6 Å². The molecule has 55 heavy (non-hydrogen) atoms. The van der Waals surface area contributed by atoms with Crippen LogP contribution in [0.1, 0.15) is 0 Å². The second-order valence-corrected chi connectivity index (χ2v) is 13.3. The maximum atomic E-state index is 6.71. The first-order chi connectivity index (χ1) is 27.2. The minimum atomic E-state index is 0.581. The number of hydrogen-bond donors (Lipinski definition) is 0. The smallest absolute Gasteiger partial charge is 0.164 e. The lowest BCUT2D eigenvalue weighted by atomic mass is 9.91. The van der Waals surface area contributed by atoms with Crippen molar-refractivity contribution in [3.63, 3.8) is 0 Å². The molecule has 260 valence electrons. The van der Waals surface area contributed by atoms with Crippen molar-refractivity contribution in [3.05, 3.63) is 193 Å². The molecule has 6 nitrogen and oxygen atoms in total. The summed E-state index contributed by atoms with van der Waals surface area (Å²) in [5.74, 6) is 3.62. The van der Waals surface area contributed by atoms with E-state index in [1.165, 1.54) is 0 Å². The molecular weight excluding hydrogens is 696 g/mol. The Bertz CT molecular complexity index is 2630. The molecule has 7 heteroatoms. The molecule has 0 atom stereocenters. The van der Waals surface area contributed by atoms with Gasteiger partial charge in [-0.25, -0.2) is 29.9 Å². The molecule has 2 heterocycles. The molecule has 0 spiro atoms. The molecule has 0 bridgehead atoms. The Morgan fingerprint density at radius 3 is 0.964 bits per heavy atom. The van der Waals surface area contributed by atoms with Crippen molar-refractivity contribution in [1.29, 1.82) is 0 Å². The molecule has 0 saturated carbocycles. The molecule has 2 aromatic heterocycles. The first-order valence-corrected chi connectivity index (χ1v) is 18.3. The lowest BCUT2D eigenvalue weighted by Crippen LogP contribution is -2.01. The highest BCUT2D eigenvalue weighted by molar-refractivity contribution is 6.31.